The molecule has 0 aliphatic carbocycles. The zero-order valence-corrected chi connectivity index (χ0v) is 18.4. The van der Waals surface area contributed by atoms with Gasteiger partial charge in [-0.3, -0.25) is 0 Å². The molecule has 0 N–H and O–H groups in total. The van der Waals surface area contributed by atoms with Crippen molar-refractivity contribution in [1.29, 1.82) is 0 Å². The molecule has 1 atom stereocenters. The molecule has 2 heteroatoms. The van der Waals surface area contributed by atoms with Gasteiger partial charge in [0.15, 0.2) is 0 Å². The van der Waals surface area contributed by atoms with Crippen LogP contribution in [0.15, 0.2) is 12.4 Å². The van der Waals surface area contributed by atoms with Crippen molar-refractivity contribution in [2.45, 2.75) is 130 Å². The smallest absolute Gasteiger partial charge is 0.0977 e. The second-order valence-electron chi connectivity index (χ2n) is 8.36. The van der Waals surface area contributed by atoms with E-state index in [4.69, 9.17) is 0 Å². The molecule has 2 nitrogen and oxygen atoms in total. The van der Waals surface area contributed by atoms with Gasteiger partial charge in [-0.2, -0.15) is 0 Å². The fourth-order valence-corrected chi connectivity index (χ4v) is 3.99. The average molecular weight is 365 g/mol. The second-order valence-corrected chi connectivity index (χ2v) is 8.36. The Kier molecular flexibility index (Phi) is 14.8. The lowest BCUT2D eigenvalue weighted by Gasteiger charge is -2.30. The van der Waals surface area contributed by atoms with Crippen LogP contribution >= 0.6 is 0 Å². The van der Waals surface area contributed by atoms with Crippen LogP contribution in [0.25, 0.3) is 0 Å². The minimum Gasteiger partial charge on any atom is -0.356 e. The van der Waals surface area contributed by atoms with Gasteiger partial charge in [-0.1, -0.05) is 104 Å². The summed E-state index contributed by atoms with van der Waals surface area (Å²) in [6, 6.07) is 0. The molecular weight excluding hydrogens is 316 g/mol. The summed E-state index contributed by atoms with van der Waals surface area (Å²) < 4.78 is 0. The first-order valence-corrected chi connectivity index (χ1v) is 12.0. The SMILES string of the molecule is CCCCCCCCCCCCCN1C=CN(CCCCCCC)C1C. The Bertz CT molecular complexity index is 326. The minimum atomic E-state index is 0.573. The van der Waals surface area contributed by atoms with Gasteiger partial charge < -0.3 is 9.80 Å². The van der Waals surface area contributed by atoms with E-state index in [0.29, 0.717) is 6.17 Å². The van der Waals surface area contributed by atoms with E-state index in [1.54, 1.807) is 0 Å². The highest BCUT2D eigenvalue weighted by molar-refractivity contribution is 4.95. The Morgan fingerprint density at radius 1 is 0.500 bits per heavy atom. The highest BCUT2D eigenvalue weighted by Crippen LogP contribution is 2.18. The van der Waals surface area contributed by atoms with Crippen molar-refractivity contribution in [2.75, 3.05) is 13.1 Å². The number of unbranched alkanes of at least 4 members (excludes halogenated alkanes) is 14. The van der Waals surface area contributed by atoms with E-state index in [-0.39, 0.29) is 0 Å². The maximum absolute atomic E-state index is 2.54. The quantitative estimate of drug-likeness (QED) is 0.230. The van der Waals surface area contributed by atoms with Gasteiger partial charge >= 0.3 is 0 Å². The molecule has 1 aliphatic rings. The van der Waals surface area contributed by atoms with Gasteiger partial charge in [0, 0.05) is 25.5 Å². The van der Waals surface area contributed by atoms with Crippen LogP contribution in [0, 0.1) is 0 Å². The molecule has 0 radical (unpaired) electrons. The van der Waals surface area contributed by atoms with Gasteiger partial charge in [-0.05, 0) is 19.8 Å². The molecule has 0 aromatic heterocycles. The monoisotopic (exact) mass is 364 g/mol. The van der Waals surface area contributed by atoms with E-state index >= 15 is 0 Å². The first-order chi connectivity index (χ1) is 12.8. The molecule has 26 heavy (non-hydrogen) atoms. The Morgan fingerprint density at radius 2 is 0.808 bits per heavy atom. The molecule has 1 aliphatic heterocycles. The molecule has 0 saturated carbocycles. The summed E-state index contributed by atoms with van der Waals surface area (Å²) in [6.45, 7) is 9.42. The molecule has 0 aromatic rings. The summed E-state index contributed by atoms with van der Waals surface area (Å²) >= 11 is 0. The van der Waals surface area contributed by atoms with E-state index in [0.717, 1.165) is 0 Å². The van der Waals surface area contributed by atoms with Crippen molar-refractivity contribution in [1.82, 2.24) is 9.80 Å². The zero-order chi connectivity index (χ0) is 18.9. The average Bonchev–Trinajstić information content (AvgIpc) is 2.99. The van der Waals surface area contributed by atoms with Gasteiger partial charge in [-0.15, -0.1) is 0 Å². The lowest BCUT2D eigenvalue weighted by Crippen LogP contribution is -2.36. The Balaban J connectivity index is 1.91. The Morgan fingerprint density at radius 3 is 1.15 bits per heavy atom. The lowest BCUT2D eigenvalue weighted by atomic mass is 10.1. The summed E-state index contributed by atoms with van der Waals surface area (Å²) in [4.78, 5) is 5.07. The maximum atomic E-state index is 2.54. The van der Waals surface area contributed by atoms with Crippen LogP contribution < -0.4 is 0 Å². The second kappa shape index (κ2) is 16.5. The zero-order valence-electron chi connectivity index (χ0n) is 18.4. The van der Waals surface area contributed by atoms with Crippen LogP contribution in [-0.4, -0.2) is 29.1 Å². The molecule has 0 fully saturated rings. The first-order valence-electron chi connectivity index (χ1n) is 12.0. The highest BCUT2D eigenvalue weighted by Gasteiger charge is 2.20. The van der Waals surface area contributed by atoms with Crippen molar-refractivity contribution in [3.63, 3.8) is 0 Å². The van der Waals surface area contributed by atoms with Crippen molar-refractivity contribution >= 4 is 0 Å². The van der Waals surface area contributed by atoms with E-state index in [2.05, 4.69) is 43.0 Å². The summed E-state index contributed by atoms with van der Waals surface area (Å²) in [7, 11) is 0. The van der Waals surface area contributed by atoms with Crippen LogP contribution in [0.3, 0.4) is 0 Å². The third kappa shape index (κ3) is 11.1. The molecule has 1 unspecified atom stereocenters. The van der Waals surface area contributed by atoms with Crippen LogP contribution in [0.4, 0.5) is 0 Å². The van der Waals surface area contributed by atoms with Crippen LogP contribution in [0.2, 0.25) is 0 Å². The van der Waals surface area contributed by atoms with Crippen molar-refractivity contribution in [3.8, 4) is 0 Å². The fraction of sp³-hybridized carbons (Fsp3) is 0.917. The van der Waals surface area contributed by atoms with E-state index in [1.807, 2.05) is 0 Å². The molecule has 0 amide bonds. The number of hydrogen-bond donors (Lipinski definition) is 0. The standard InChI is InChI=1S/C24H48N2/c1-4-6-8-10-11-12-13-14-15-17-19-21-26-23-22-25(24(26)3)20-18-16-9-7-5-2/h22-24H,4-21H2,1-3H3. The molecule has 0 bridgehead atoms. The lowest BCUT2D eigenvalue weighted by molar-refractivity contribution is 0.165. The van der Waals surface area contributed by atoms with Crippen LogP contribution in [0.5, 0.6) is 0 Å². The summed E-state index contributed by atoms with van der Waals surface area (Å²) in [5.41, 5.74) is 0. The predicted molar refractivity (Wildman–Crippen MR) is 117 cm³/mol. The van der Waals surface area contributed by atoms with Gasteiger partial charge in [-0.25, -0.2) is 0 Å². The van der Waals surface area contributed by atoms with E-state index < -0.39 is 0 Å². The van der Waals surface area contributed by atoms with E-state index in [9.17, 15) is 0 Å². The maximum Gasteiger partial charge on any atom is 0.0977 e. The summed E-state index contributed by atoms with van der Waals surface area (Å²) in [6.07, 6.45) is 27.8. The third-order valence-electron chi connectivity index (χ3n) is 5.95. The van der Waals surface area contributed by atoms with E-state index in [1.165, 1.54) is 116 Å². The number of rotatable bonds is 18. The largest absolute Gasteiger partial charge is 0.356 e. The number of hydrogen-bond acceptors (Lipinski definition) is 2. The minimum absolute atomic E-state index is 0.573. The van der Waals surface area contributed by atoms with Gasteiger partial charge in [0.2, 0.25) is 0 Å². The van der Waals surface area contributed by atoms with Gasteiger partial charge in [0.1, 0.15) is 0 Å². The molecule has 154 valence electrons. The van der Waals surface area contributed by atoms with Crippen molar-refractivity contribution in [2.24, 2.45) is 0 Å². The van der Waals surface area contributed by atoms with Crippen molar-refractivity contribution < 1.29 is 0 Å². The summed E-state index contributed by atoms with van der Waals surface area (Å²) in [5.74, 6) is 0. The first kappa shape index (κ1) is 23.4. The predicted octanol–water partition coefficient (Wildman–Crippen LogP) is 7.70. The summed E-state index contributed by atoms with van der Waals surface area (Å²) in [5, 5.41) is 0. The normalized spacial score (nSPS) is 16.8. The van der Waals surface area contributed by atoms with Crippen molar-refractivity contribution in [3.05, 3.63) is 12.4 Å². The van der Waals surface area contributed by atoms with Gasteiger partial charge in [0.25, 0.3) is 0 Å². The highest BCUT2D eigenvalue weighted by atomic mass is 15.4. The van der Waals surface area contributed by atoms with Crippen LogP contribution in [-0.2, 0) is 0 Å². The van der Waals surface area contributed by atoms with Crippen LogP contribution in [0.1, 0.15) is 124 Å². The number of nitrogens with zero attached hydrogens (tertiary/aromatic N) is 2. The third-order valence-corrected chi connectivity index (χ3v) is 5.95. The molecule has 0 saturated heterocycles. The molecule has 0 aromatic carbocycles. The Labute approximate surface area is 165 Å². The molecular formula is C24H48N2. The topological polar surface area (TPSA) is 6.48 Å². The Hall–Kier alpha value is -0.660. The molecule has 1 heterocycles. The molecule has 1 rings (SSSR count). The van der Waals surface area contributed by atoms with Gasteiger partial charge in [0.05, 0.1) is 6.17 Å². The molecule has 0 spiro atoms. The fourth-order valence-electron chi connectivity index (χ4n) is 3.99.